The summed E-state index contributed by atoms with van der Waals surface area (Å²) in [6.07, 6.45) is 9.50. The van der Waals surface area contributed by atoms with Gasteiger partial charge in [0.25, 0.3) is 0 Å². The average Bonchev–Trinajstić information content (AvgIpc) is 3.15. The average molecular weight is 450 g/mol. The number of nitrogens with zero attached hydrogens (tertiary/aromatic N) is 4. The molecule has 1 aliphatic carbocycles. The van der Waals surface area contributed by atoms with Crippen molar-refractivity contribution in [2.75, 3.05) is 24.5 Å². The third-order valence-electron chi connectivity index (χ3n) is 7.65. The minimum atomic E-state index is -0.451. The highest BCUT2D eigenvalue weighted by molar-refractivity contribution is 5.93. The second-order valence-electron chi connectivity index (χ2n) is 9.73. The first-order valence-corrected chi connectivity index (χ1v) is 11.9. The number of likely N-dealkylation sites (tertiary alicyclic amines) is 1. The summed E-state index contributed by atoms with van der Waals surface area (Å²) in [5, 5.41) is 9.82. The predicted octanol–water partition coefficient (Wildman–Crippen LogP) is 2.36. The normalized spacial score (nSPS) is 27.8. The number of hydrogen-bond acceptors (Lipinski definition) is 6. The Morgan fingerprint density at radius 1 is 1.00 bits per heavy atom. The lowest BCUT2D eigenvalue weighted by Crippen LogP contribution is -2.50. The van der Waals surface area contributed by atoms with Crippen molar-refractivity contribution in [3.05, 3.63) is 42.2 Å². The zero-order chi connectivity index (χ0) is 23.0. The van der Waals surface area contributed by atoms with Gasteiger partial charge in [0.1, 0.15) is 0 Å². The quantitative estimate of drug-likeness (QED) is 0.741. The van der Waals surface area contributed by atoms with Gasteiger partial charge in [-0.1, -0.05) is 12.1 Å². The van der Waals surface area contributed by atoms with Crippen LogP contribution in [0.3, 0.4) is 0 Å². The van der Waals surface area contributed by atoms with Gasteiger partial charge in [-0.3, -0.25) is 9.59 Å². The fourth-order valence-corrected chi connectivity index (χ4v) is 5.71. The molecule has 3 heterocycles. The maximum Gasteiger partial charge on any atom is 0.248 e. The highest BCUT2D eigenvalue weighted by Gasteiger charge is 2.51. The van der Waals surface area contributed by atoms with Crippen molar-refractivity contribution in [1.29, 1.82) is 0 Å². The number of carbonyl (C=O) groups excluding carboxylic acids is 2. The zero-order valence-electron chi connectivity index (χ0n) is 18.8. The van der Waals surface area contributed by atoms with E-state index in [9.17, 15) is 14.7 Å². The molecule has 1 aromatic heterocycles. The van der Waals surface area contributed by atoms with Crippen molar-refractivity contribution in [3.63, 3.8) is 0 Å². The molecule has 0 radical (unpaired) electrons. The van der Waals surface area contributed by atoms with Gasteiger partial charge in [-0.25, -0.2) is 9.97 Å². The van der Waals surface area contributed by atoms with E-state index in [4.69, 9.17) is 5.73 Å². The van der Waals surface area contributed by atoms with Crippen LogP contribution in [0.1, 0.15) is 55.3 Å². The Bertz CT molecular complexity index is 1020. The first-order chi connectivity index (χ1) is 15.9. The molecule has 174 valence electrons. The molecule has 3 N–H and O–H groups in total. The van der Waals surface area contributed by atoms with E-state index in [1.165, 1.54) is 0 Å². The molecule has 5 rings (SSSR count). The van der Waals surface area contributed by atoms with E-state index in [2.05, 4.69) is 19.8 Å². The molecule has 3 fully saturated rings. The molecule has 1 saturated carbocycles. The molecular weight excluding hydrogens is 418 g/mol. The van der Waals surface area contributed by atoms with Crippen LogP contribution in [0.5, 0.6) is 0 Å². The Hall–Kier alpha value is -3.00. The maximum absolute atomic E-state index is 13.5. The minimum absolute atomic E-state index is 0.209. The highest BCUT2D eigenvalue weighted by Crippen LogP contribution is 2.43. The lowest BCUT2D eigenvalue weighted by Gasteiger charge is -2.40. The Labute approximate surface area is 193 Å². The summed E-state index contributed by atoms with van der Waals surface area (Å²) < 4.78 is 0. The second-order valence-corrected chi connectivity index (χ2v) is 9.73. The maximum atomic E-state index is 13.5. The van der Waals surface area contributed by atoms with Crippen molar-refractivity contribution < 1.29 is 14.7 Å². The van der Waals surface area contributed by atoms with Crippen LogP contribution in [0.25, 0.3) is 11.1 Å². The summed E-state index contributed by atoms with van der Waals surface area (Å²) in [5.74, 6) is 0.478. The first-order valence-electron chi connectivity index (χ1n) is 11.9. The number of primary amides is 1. The van der Waals surface area contributed by atoms with E-state index in [0.29, 0.717) is 18.1 Å². The molecule has 2 amide bonds. The number of amides is 2. The van der Waals surface area contributed by atoms with Gasteiger partial charge in [0.15, 0.2) is 0 Å². The summed E-state index contributed by atoms with van der Waals surface area (Å²) >= 11 is 0. The molecule has 8 nitrogen and oxygen atoms in total. The molecule has 2 aliphatic heterocycles. The summed E-state index contributed by atoms with van der Waals surface area (Å²) in [6.45, 7) is 2.32. The Balaban J connectivity index is 1.28. The van der Waals surface area contributed by atoms with E-state index < -0.39 is 5.91 Å². The van der Waals surface area contributed by atoms with E-state index in [1.54, 1.807) is 24.5 Å². The van der Waals surface area contributed by atoms with Gasteiger partial charge >= 0.3 is 0 Å². The van der Waals surface area contributed by atoms with E-state index in [0.717, 1.165) is 69.2 Å². The SMILES string of the molecule is NC(=O)c1ccc(-c2cnc(N3CCCC4(CCN([C@H]5CC[C@@H](O)CC5)C4=O)C3)nc2)cc1. The highest BCUT2D eigenvalue weighted by atomic mass is 16.3. The molecule has 1 aromatic carbocycles. The topological polar surface area (TPSA) is 113 Å². The van der Waals surface area contributed by atoms with Crippen molar-refractivity contribution in [2.24, 2.45) is 11.1 Å². The van der Waals surface area contributed by atoms with Gasteiger partial charge in [-0.05, 0) is 62.6 Å². The molecular formula is C25H31N5O3. The summed E-state index contributed by atoms with van der Waals surface area (Å²) in [7, 11) is 0. The van der Waals surface area contributed by atoms with Crippen molar-refractivity contribution in [2.45, 2.75) is 57.1 Å². The number of rotatable bonds is 4. The molecule has 0 bridgehead atoms. The molecule has 2 aromatic rings. The van der Waals surface area contributed by atoms with Crippen molar-refractivity contribution >= 4 is 17.8 Å². The number of anilines is 1. The zero-order valence-corrected chi connectivity index (χ0v) is 18.8. The van der Waals surface area contributed by atoms with Gasteiger partial charge in [0, 0.05) is 49.2 Å². The first kappa shape index (κ1) is 21.8. The van der Waals surface area contributed by atoms with Gasteiger partial charge in [0.05, 0.1) is 11.5 Å². The fraction of sp³-hybridized carbons (Fsp3) is 0.520. The molecule has 33 heavy (non-hydrogen) atoms. The van der Waals surface area contributed by atoms with Crippen LogP contribution in [0.2, 0.25) is 0 Å². The van der Waals surface area contributed by atoms with Crippen LogP contribution in [-0.2, 0) is 4.79 Å². The number of aromatic nitrogens is 2. The van der Waals surface area contributed by atoms with Crippen LogP contribution in [0.4, 0.5) is 5.95 Å². The standard InChI is InChI=1S/C25H31N5O3/c26-22(32)18-4-2-17(3-5-18)19-14-27-24(28-15-19)29-12-1-10-25(16-29)11-13-30(23(25)33)20-6-8-21(31)9-7-20/h2-5,14-15,20-21,31H,1,6-13,16H2,(H2,26,32)/t20-,21+,25?. The van der Waals surface area contributed by atoms with Gasteiger partial charge in [-0.15, -0.1) is 0 Å². The van der Waals surface area contributed by atoms with Crippen LogP contribution in [0, 0.1) is 5.41 Å². The lowest BCUT2D eigenvalue weighted by molar-refractivity contribution is -0.139. The van der Waals surface area contributed by atoms with Crippen LogP contribution >= 0.6 is 0 Å². The Morgan fingerprint density at radius 2 is 1.70 bits per heavy atom. The molecule has 1 unspecified atom stereocenters. The number of aliphatic hydroxyl groups is 1. The Kier molecular flexibility index (Phi) is 5.78. The van der Waals surface area contributed by atoms with Crippen molar-refractivity contribution in [1.82, 2.24) is 14.9 Å². The predicted molar refractivity (Wildman–Crippen MR) is 124 cm³/mol. The van der Waals surface area contributed by atoms with Gasteiger partial charge < -0.3 is 20.6 Å². The largest absolute Gasteiger partial charge is 0.393 e. The lowest BCUT2D eigenvalue weighted by atomic mass is 9.78. The van der Waals surface area contributed by atoms with Crippen LogP contribution in [0.15, 0.2) is 36.7 Å². The minimum Gasteiger partial charge on any atom is -0.393 e. The van der Waals surface area contributed by atoms with E-state index in [-0.39, 0.29) is 23.5 Å². The Morgan fingerprint density at radius 3 is 2.36 bits per heavy atom. The molecule has 2 saturated heterocycles. The number of nitrogens with two attached hydrogens (primary N) is 1. The monoisotopic (exact) mass is 449 g/mol. The third kappa shape index (κ3) is 4.19. The van der Waals surface area contributed by atoms with Gasteiger partial charge in [0.2, 0.25) is 17.8 Å². The molecule has 1 spiro atoms. The smallest absolute Gasteiger partial charge is 0.248 e. The molecule has 3 aliphatic rings. The van der Waals surface area contributed by atoms with Crippen LogP contribution in [-0.4, -0.2) is 63.6 Å². The number of aliphatic hydroxyl groups excluding tert-OH is 1. The number of piperidine rings is 1. The number of carbonyl (C=O) groups is 2. The number of hydrogen-bond donors (Lipinski definition) is 2. The van der Waals surface area contributed by atoms with E-state index >= 15 is 0 Å². The van der Waals surface area contributed by atoms with Gasteiger partial charge in [-0.2, -0.15) is 0 Å². The molecule has 1 atom stereocenters. The summed E-state index contributed by atoms with van der Waals surface area (Å²) in [5.41, 5.74) is 7.22. The van der Waals surface area contributed by atoms with Crippen molar-refractivity contribution in [3.8, 4) is 11.1 Å². The third-order valence-corrected chi connectivity index (χ3v) is 7.65. The fourth-order valence-electron chi connectivity index (χ4n) is 5.71. The van der Waals surface area contributed by atoms with Crippen LogP contribution < -0.4 is 10.6 Å². The summed E-state index contributed by atoms with van der Waals surface area (Å²) in [6, 6.07) is 7.34. The summed E-state index contributed by atoms with van der Waals surface area (Å²) in [4.78, 5) is 38.2. The second kappa shape index (κ2) is 8.74. The van der Waals surface area contributed by atoms with E-state index in [1.807, 2.05) is 12.1 Å². The number of benzene rings is 1. The molecule has 8 heteroatoms.